The van der Waals surface area contributed by atoms with Gasteiger partial charge in [-0.15, -0.1) is 0 Å². The molecule has 21 heavy (non-hydrogen) atoms. The number of benzene rings is 1. The first-order chi connectivity index (χ1) is 10.3. The van der Waals surface area contributed by atoms with Crippen LogP contribution in [0.4, 0.5) is 11.4 Å². The number of nitrogens with two attached hydrogens (primary N) is 1. The van der Waals surface area contributed by atoms with Gasteiger partial charge in [0, 0.05) is 47.6 Å². The third kappa shape index (κ3) is 1.84. The number of amides is 1. The Balaban J connectivity index is 1.83. The molecule has 0 bridgehead atoms. The molecule has 2 saturated heterocycles. The highest BCUT2D eigenvalue weighted by Gasteiger charge is 2.41. The molecule has 2 atom stereocenters. The summed E-state index contributed by atoms with van der Waals surface area (Å²) in [4.78, 5) is 18.5. The molecule has 1 aromatic carbocycles. The lowest BCUT2D eigenvalue weighted by atomic mass is 9.90. The predicted octanol–water partition coefficient (Wildman–Crippen LogP) is 1.53. The van der Waals surface area contributed by atoms with Crippen molar-refractivity contribution in [3.63, 3.8) is 0 Å². The first kappa shape index (κ1) is 12.4. The SMILES string of the molecule is Nc1ccc(N2CCCC3C(=O)NCC32)c2ccncc12. The van der Waals surface area contributed by atoms with E-state index >= 15 is 0 Å². The fraction of sp³-hybridized carbons (Fsp3) is 0.375. The Morgan fingerprint density at radius 2 is 2.19 bits per heavy atom. The first-order valence-electron chi connectivity index (χ1n) is 7.42. The van der Waals surface area contributed by atoms with Crippen molar-refractivity contribution < 1.29 is 4.79 Å². The van der Waals surface area contributed by atoms with E-state index in [4.69, 9.17) is 5.73 Å². The van der Waals surface area contributed by atoms with Crippen LogP contribution in [0.2, 0.25) is 0 Å². The second-order valence-corrected chi connectivity index (χ2v) is 5.85. The molecule has 4 rings (SSSR count). The number of hydrogen-bond acceptors (Lipinski definition) is 4. The lowest BCUT2D eigenvalue weighted by Gasteiger charge is -2.38. The zero-order valence-electron chi connectivity index (χ0n) is 11.7. The Labute approximate surface area is 123 Å². The number of fused-ring (bicyclic) bond motifs is 2. The molecule has 0 saturated carbocycles. The van der Waals surface area contributed by atoms with Crippen LogP contribution in [-0.2, 0) is 4.79 Å². The van der Waals surface area contributed by atoms with E-state index in [0.29, 0.717) is 0 Å². The minimum Gasteiger partial charge on any atom is -0.398 e. The average molecular weight is 282 g/mol. The van der Waals surface area contributed by atoms with Crippen molar-refractivity contribution in [2.24, 2.45) is 5.92 Å². The van der Waals surface area contributed by atoms with Gasteiger partial charge >= 0.3 is 0 Å². The molecular formula is C16H18N4O. The van der Waals surface area contributed by atoms with Crippen LogP contribution in [0.5, 0.6) is 0 Å². The van der Waals surface area contributed by atoms with Gasteiger partial charge in [0.05, 0.1) is 12.0 Å². The smallest absolute Gasteiger partial charge is 0.225 e. The Kier molecular flexibility index (Phi) is 2.74. The number of rotatable bonds is 1. The minimum absolute atomic E-state index is 0.119. The van der Waals surface area contributed by atoms with Crippen molar-refractivity contribution in [2.75, 3.05) is 23.7 Å². The van der Waals surface area contributed by atoms with Crippen molar-refractivity contribution in [3.05, 3.63) is 30.6 Å². The summed E-state index contributed by atoms with van der Waals surface area (Å²) in [5.74, 6) is 0.319. The number of piperidine rings is 1. The molecule has 3 N–H and O–H groups in total. The van der Waals surface area contributed by atoms with Gasteiger partial charge in [-0.05, 0) is 31.0 Å². The number of nitrogens with one attached hydrogen (secondary N) is 1. The number of carbonyl (C=O) groups excluding carboxylic acids is 1. The van der Waals surface area contributed by atoms with Crippen molar-refractivity contribution in [2.45, 2.75) is 18.9 Å². The number of nitrogen functional groups attached to an aromatic ring is 1. The third-order valence-electron chi connectivity index (χ3n) is 4.74. The van der Waals surface area contributed by atoms with Gasteiger partial charge in [-0.3, -0.25) is 9.78 Å². The molecule has 0 spiro atoms. The highest BCUT2D eigenvalue weighted by molar-refractivity contribution is 6.01. The molecule has 2 fully saturated rings. The van der Waals surface area contributed by atoms with E-state index in [-0.39, 0.29) is 17.9 Å². The molecule has 1 amide bonds. The average Bonchev–Trinajstić information content (AvgIpc) is 2.90. The second kappa shape index (κ2) is 4.62. The van der Waals surface area contributed by atoms with Gasteiger partial charge in [0.1, 0.15) is 0 Å². The van der Waals surface area contributed by atoms with Gasteiger partial charge in [0.2, 0.25) is 5.91 Å². The van der Waals surface area contributed by atoms with Gasteiger partial charge < -0.3 is 16.0 Å². The van der Waals surface area contributed by atoms with Crippen LogP contribution in [0.15, 0.2) is 30.6 Å². The van der Waals surface area contributed by atoms with Crippen LogP contribution in [0, 0.1) is 5.92 Å². The molecular weight excluding hydrogens is 264 g/mol. The summed E-state index contributed by atoms with van der Waals surface area (Å²) in [6.45, 7) is 1.72. The quantitative estimate of drug-likeness (QED) is 0.778. The summed E-state index contributed by atoms with van der Waals surface area (Å²) in [5, 5.41) is 5.10. The first-order valence-corrected chi connectivity index (χ1v) is 7.42. The molecule has 0 radical (unpaired) electrons. The van der Waals surface area contributed by atoms with Crippen LogP contribution in [0.3, 0.4) is 0 Å². The maximum Gasteiger partial charge on any atom is 0.225 e. The summed E-state index contributed by atoms with van der Waals surface area (Å²) in [5.41, 5.74) is 7.96. The standard InChI is InChI=1S/C16H18N4O/c17-13-3-4-14(10-5-6-18-8-12(10)13)20-7-1-2-11-15(20)9-19-16(11)21/h3-6,8,11,15H,1-2,7,9,17H2,(H,19,21). The predicted molar refractivity (Wildman–Crippen MR) is 83.0 cm³/mol. The normalized spacial score (nSPS) is 25.0. The highest BCUT2D eigenvalue weighted by Crippen LogP contribution is 2.36. The maximum absolute atomic E-state index is 11.9. The van der Waals surface area contributed by atoms with Crippen molar-refractivity contribution >= 4 is 28.1 Å². The molecule has 3 heterocycles. The number of aromatic nitrogens is 1. The Morgan fingerprint density at radius 1 is 1.29 bits per heavy atom. The van der Waals surface area contributed by atoms with Crippen LogP contribution < -0.4 is 16.0 Å². The number of nitrogens with zero attached hydrogens (tertiary/aromatic N) is 2. The molecule has 2 aromatic rings. The third-order valence-corrected chi connectivity index (χ3v) is 4.74. The van der Waals surface area contributed by atoms with E-state index in [9.17, 15) is 4.79 Å². The minimum atomic E-state index is 0.119. The Hall–Kier alpha value is -2.30. The van der Waals surface area contributed by atoms with Crippen molar-refractivity contribution in [1.29, 1.82) is 0 Å². The fourth-order valence-electron chi connectivity index (χ4n) is 3.70. The van der Waals surface area contributed by atoms with E-state index in [1.807, 2.05) is 18.3 Å². The molecule has 2 aliphatic heterocycles. The summed E-state index contributed by atoms with van der Waals surface area (Å²) in [6, 6.07) is 6.27. The molecule has 1 aromatic heterocycles. The van der Waals surface area contributed by atoms with Gasteiger partial charge in [0.15, 0.2) is 0 Å². The van der Waals surface area contributed by atoms with Gasteiger partial charge in [-0.2, -0.15) is 0 Å². The topological polar surface area (TPSA) is 71.2 Å². The van der Waals surface area contributed by atoms with E-state index in [2.05, 4.69) is 21.3 Å². The largest absolute Gasteiger partial charge is 0.398 e. The lowest BCUT2D eigenvalue weighted by molar-refractivity contribution is -0.122. The van der Waals surface area contributed by atoms with E-state index in [0.717, 1.165) is 48.1 Å². The van der Waals surface area contributed by atoms with Crippen LogP contribution in [0.25, 0.3) is 10.8 Å². The van der Waals surface area contributed by atoms with Gasteiger partial charge in [-0.25, -0.2) is 0 Å². The fourth-order valence-corrected chi connectivity index (χ4v) is 3.70. The van der Waals surface area contributed by atoms with E-state index in [1.165, 1.54) is 0 Å². The van der Waals surface area contributed by atoms with Crippen molar-refractivity contribution in [3.8, 4) is 0 Å². The zero-order chi connectivity index (χ0) is 14.4. The highest BCUT2D eigenvalue weighted by atomic mass is 16.2. The number of carbonyl (C=O) groups is 1. The summed E-state index contributed by atoms with van der Waals surface area (Å²) < 4.78 is 0. The van der Waals surface area contributed by atoms with E-state index < -0.39 is 0 Å². The Morgan fingerprint density at radius 3 is 3.10 bits per heavy atom. The summed E-state index contributed by atoms with van der Waals surface area (Å²) in [7, 11) is 0. The molecule has 108 valence electrons. The Bertz CT molecular complexity index is 714. The maximum atomic E-state index is 11.9. The monoisotopic (exact) mass is 282 g/mol. The molecule has 5 heteroatoms. The zero-order valence-corrected chi connectivity index (χ0v) is 11.7. The van der Waals surface area contributed by atoms with Crippen LogP contribution in [-0.4, -0.2) is 30.0 Å². The number of pyridine rings is 1. The number of hydrogen-bond donors (Lipinski definition) is 2. The van der Waals surface area contributed by atoms with Crippen LogP contribution >= 0.6 is 0 Å². The van der Waals surface area contributed by atoms with Crippen molar-refractivity contribution in [1.82, 2.24) is 10.3 Å². The van der Waals surface area contributed by atoms with Gasteiger partial charge in [-0.1, -0.05) is 0 Å². The summed E-state index contributed by atoms with van der Waals surface area (Å²) in [6.07, 6.45) is 5.64. The van der Waals surface area contributed by atoms with E-state index in [1.54, 1.807) is 6.20 Å². The molecule has 5 nitrogen and oxygen atoms in total. The summed E-state index contributed by atoms with van der Waals surface area (Å²) >= 11 is 0. The lowest BCUT2D eigenvalue weighted by Crippen LogP contribution is -2.45. The molecule has 2 unspecified atom stereocenters. The molecule has 2 aliphatic rings. The van der Waals surface area contributed by atoms with Gasteiger partial charge in [0.25, 0.3) is 0 Å². The second-order valence-electron chi connectivity index (χ2n) is 5.85. The number of anilines is 2. The molecule has 0 aliphatic carbocycles. The van der Waals surface area contributed by atoms with Crippen LogP contribution in [0.1, 0.15) is 12.8 Å².